The third-order valence-electron chi connectivity index (χ3n) is 3.44. The largest absolute Gasteiger partial charge is 0.478 e. The maximum Gasteiger partial charge on any atom is 0.337 e. The van der Waals surface area contributed by atoms with Crippen LogP contribution >= 0.6 is 34.5 Å². The second-order valence-corrected chi connectivity index (χ2v) is 7.42. The zero-order chi connectivity index (χ0) is 17.3. The van der Waals surface area contributed by atoms with Crippen LogP contribution in [-0.4, -0.2) is 28.9 Å². The summed E-state index contributed by atoms with van der Waals surface area (Å²) in [5, 5.41) is 10.2. The van der Waals surface area contributed by atoms with E-state index in [2.05, 4.69) is 0 Å². The molecule has 0 aliphatic heterocycles. The molecule has 2 aromatic rings. The van der Waals surface area contributed by atoms with Gasteiger partial charge in [0.2, 0.25) is 0 Å². The van der Waals surface area contributed by atoms with Crippen molar-refractivity contribution in [2.45, 2.75) is 20.4 Å². The lowest BCUT2D eigenvalue weighted by molar-refractivity contribution is 0.0680. The van der Waals surface area contributed by atoms with Gasteiger partial charge in [0.25, 0.3) is 5.91 Å². The van der Waals surface area contributed by atoms with Gasteiger partial charge in [-0.15, -0.1) is 11.3 Å². The van der Waals surface area contributed by atoms with Crippen molar-refractivity contribution in [1.82, 2.24) is 4.90 Å². The molecule has 0 unspecified atom stereocenters. The van der Waals surface area contributed by atoms with Gasteiger partial charge in [0.05, 0.1) is 21.2 Å². The summed E-state index contributed by atoms with van der Waals surface area (Å²) in [6, 6.07) is 5.14. The molecule has 7 heteroatoms. The van der Waals surface area contributed by atoms with Gasteiger partial charge in [0.1, 0.15) is 0 Å². The Morgan fingerprint density at radius 2 is 1.74 bits per heavy atom. The van der Waals surface area contributed by atoms with Gasteiger partial charge in [-0.2, -0.15) is 0 Å². The van der Waals surface area contributed by atoms with Crippen LogP contribution in [0.3, 0.4) is 0 Å². The van der Waals surface area contributed by atoms with Crippen LogP contribution in [0, 0.1) is 13.8 Å². The predicted molar refractivity (Wildman–Crippen MR) is 93.0 cm³/mol. The van der Waals surface area contributed by atoms with Crippen molar-refractivity contribution in [3.8, 4) is 0 Å². The number of aryl methyl sites for hydroxylation is 2. The van der Waals surface area contributed by atoms with E-state index in [4.69, 9.17) is 23.2 Å². The Kier molecular flexibility index (Phi) is 5.34. The molecule has 0 fully saturated rings. The van der Waals surface area contributed by atoms with Gasteiger partial charge in [0, 0.05) is 23.3 Å². The molecular weight excluding hydrogens is 357 g/mol. The number of carbonyl (C=O) groups excluding carboxylic acids is 1. The average Bonchev–Trinajstić information content (AvgIpc) is 2.76. The molecular formula is C16H15Cl2NO3S. The van der Waals surface area contributed by atoms with E-state index in [9.17, 15) is 14.7 Å². The number of hydrogen-bond donors (Lipinski definition) is 1. The molecule has 2 rings (SSSR count). The maximum atomic E-state index is 12.7. The highest BCUT2D eigenvalue weighted by atomic mass is 35.5. The van der Waals surface area contributed by atoms with Crippen molar-refractivity contribution < 1.29 is 14.7 Å². The minimum Gasteiger partial charge on any atom is -0.478 e. The number of carboxylic acids is 1. The van der Waals surface area contributed by atoms with Crippen molar-refractivity contribution in [2.75, 3.05) is 7.05 Å². The van der Waals surface area contributed by atoms with Crippen LogP contribution in [0.1, 0.15) is 36.0 Å². The first-order valence-corrected chi connectivity index (χ1v) is 8.32. The van der Waals surface area contributed by atoms with Crippen LogP contribution in [0.2, 0.25) is 10.0 Å². The number of carboxylic acid groups (broad SMARTS) is 1. The van der Waals surface area contributed by atoms with Gasteiger partial charge in [-0.3, -0.25) is 4.79 Å². The summed E-state index contributed by atoms with van der Waals surface area (Å²) >= 11 is 13.2. The normalized spacial score (nSPS) is 10.7. The Morgan fingerprint density at radius 1 is 1.13 bits per heavy atom. The van der Waals surface area contributed by atoms with E-state index in [1.54, 1.807) is 39.1 Å². The first-order chi connectivity index (χ1) is 10.7. The zero-order valence-electron chi connectivity index (χ0n) is 12.8. The minimum atomic E-state index is -1.09. The summed E-state index contributed by atoms with van der Waals surface area (Å²) in [4.78, 5) is 26.9. The molecule has 0 saturated heterocycles. The fourth-order valence-electron chi connectivity index (χ4n) is 2.37. The molecule has 122 valence electrons. The van der Waals surface area contributed by atoms with Crippen molar-refractivity contribution in [1.29, 1.82) is 0 Å². The van der Waals surface area contributed by atoms with E-state index in [1.165, 1.54) is 16.2 Å². The Labute approximate surface area is 148 Å². The van der Waals surface area contributed by atoms with Crippen molar-refractivity contribution in [2.24, 2.45) is 0 Å². The number of aromatic carboxylic acids is 1. The van der Waals surface area contributed by atoms with E-state index in [1.807, 2.05) is 0 Å². The molecule has 0 saturated carbocycles. The number of benzene rings is 1. The molecule has 0 spiro atoms. The quantitative estimate of drug-likeness (QED) is 0.851. The second-order valence-electron chi connectivity index (χ2n) is 5.18. The van der Waals surface area contributed by atoms with Gasteiger partial charge < -0.3 is 10.0 Å². The second kappa shape index (κ2) is 6.91. The number of nitrogens with zero attached hydrogens (tertiary/aromatic N) is 1. The molecule has 4 nitrogen and oxygen atoms in total. The number of carbonyl (C=O) groups is 2. The van der Waals surface area contributed by atoms with Gasteiger partial charge >= 0.3 is 5.97 Å². The molecule has 0 bridgehead atoms. The molecule has 1 aromatic heterocycles. The van der Waals surface area contributed by atoms with Crippen molar-refractivity contribution in [3.05, 3.63) is 54.7 Å². The van der Waals surface area contributed by atoms with Gasteiger partial charge in [0.15, 0.2) is 0 Å². The Morgan fingerprint density at radius 3 is 2.30 bits per heavy atom. The molecule has 0 atom stereocenters. The number of thiophene rings is 1. The monoisotopic (exact) mass is 371 g/mol. The molecule has 0 radical (unpaired) electrons. The zero-order valence-corrected chi connectivity index (χ0v) is 15.1. The highest BCUT2D eigenvalue weighted by molar-refractivity contribution is 7.12. The lowest BCUT2D eigenvalue weighted by Crippen LogP contribution is -2.28. The minimum absolute atomic E-state index is 0.0819. The predicted octanol–water partition coefficient (Wildman–Crippen LogP) is 4.64. The van der Waals surface area contributed by atoms with E-state index < -0.39 is 5.97 Å². The number of rotatable bonds is 4. The molecule has 23 heavy (non-hydrogen) atoms. The SMILES string of the molecule is Cc1sc(C)c(C(=O)N(C)Cc2ccc(Cl)c(Cl)c2)c1C(=O)O. The molecule has 1 heterocycles. The van der Waals surface area contributed by atoms with Crippen LogP contribution in [0.15, 0.2) is 18.2 Å². The van der Waals surface area contributed by atoms with Crippen LogP contribution in [0.25, 0.3) is 0 Å². The molecule has 1 aromatic carbocycles. The van der Waals surface area contributed by atoms with E-state index in [-0.39, 0.29) is 17.0 Å². The van der Waals surface area contributed by atoms with Crippen LogP contribution in [-0.2, 0) is 6.54 Å². The topological polar surface area (TPSA) is 57.6 Å². The van der Waals surface area contributed by atoms with Crippen molar-refractivity contribution in [3.63, 3.8) is 0 Å². The number of amides is 1. The molecule has 0 aliphatic carbocycles. The van der Waals surface area contributed by atoms with E-state index in [0.29, 0.717) is 26.3 Å². The Hall–Kier alpha value is -1.56. The maximum absolute atomic E-state index is 12.7. The standard InChI is InChI=1S/C16H15Cl2NO3S/c1-8-13(14(16(21)22)9(2)23-8)15(20)19(3)7-10-4-5-11(17)12(18)6-10/h4-6H,7H2,1-3H3,(H,21,22). The third kappa shape index (κ3) is 3.68. The molecule has 1 N–H and O–H groups in total. The molecule has 0 aliphatic rings. The first kappa shape index (κ1) is 17.8. The van der Waals surface area contributed by atoms with Crippen LogP contribution in [0.4, 0.5) is 0 Å². The Balaban J connectivity index is 2.30. The Bertz CT molecular complexity index is 786. The number of halogens is 2. The third-order valence-corrected chi connectivity index (χ3v) is 5.20. The van der Waals surface area contributed by atoms with Gasteiger partial charge in [-0.05, 0) is 31.5 Å². The van der Waals surface area contributed by atoms with E-state index in [0.717, 1.165) is 5.56 Å². The summed E-state index contributed by atoms with van der Waals surface area (Å²) in [7, 11) is 1.63. The summed E-state index contributed by atoms with van der Waals surface area (Å²) in [5.41, 5.74) is 1.15. The average molecular weight is 372 g/mol. The van der Waals surface area contributed by atoms with Gasteiger partial charge in [-0.1, -0.05) is 29.3 Å². The summed E-state index contributed by atoms with van der Waals surface area (Å²) in [6.45, 7) is 3.77. The van der Waals surface area contributed by atoms with E-state index >= 15 is 0 Å². The summed E-state index contributed by atoms with van der Waals surface area (Å²) < 4.78 is 0. The summed E-state index contributed by atoms with van der Waals surface area (Å²) in [5.74, 6) is -1.41. The fourth-order valence-corrected chi connectivity index (χ4v) is 3.74. The highest BCUT2D eigenvalue weighted by Crippen LogP contribution is 2.29. The smallest absolute Gasteiger partial charge is 0.337 e. The lowest BCUT2D eigenvalue weighted by atomic mass is 10.1. The van der Waals surface area contributed by atoms with Crippen molar-refractivity contribution >= 4 is 46.4 Å². The van der Waals surface area contributed by atoms with Gasteiger partial charge in [-0.25, -0.2) is 4.79 Å². The fraction of sp³-hybridized carbons (Fsp3) is 0.250. The lowest BCUT2D eigenvalue weighted by Gasteiger charge is -2.18. The molecule has 1 amide bonds. The summed E-state index contributed by atoms with van der Waals surface area (Å²) in [6.07, 6.45) is 0. The first-order valence-electron chi connectivity index (χ1n) is 6.75. The number of hydrogen-bond acceptors (Lipinski definition) is 3. The van der Waals surface area contributed by atoms with Crippen LogP contribution < -0.4 is 0 Å². The van der Waals surface area contributed by atoms with Crippen LogP contribution in [0.5, 0.6) is 0 Å². The highest BCUT2D eigenvalue weighted by Gasteiger charge is 2.26.